The van der Waals surface area contributed by atoms with Crippen molar-refractivity contribution in [2.24, 2.45) is 5.92 Å². The molecule has 0 unspecified atom stereocenters. The number of benzene rings is 1. The molecule has 0 bridgehead atoms. The van der Waals surface area contributed by atoms with E-state index in [0.717, 1.165) is 25.7 Å². The fraction of sp³-hybridized carbons (Fsp3) is 0.556. The Hall–Kier alpha value is -1.88. The first kappa shape index (κ1) is 16.0. The van der Waals surface area contributed by atoms with Gasteiger partial charge in [-0.2, -0.15) is 0 Å². The van der Waals surface area contributed by atoms with Crippen LogP contribution in [0.25, 0.3) is 0 Å². The first-order valence-corrected chi connectivity index (χ1v) is 8.39. The topological polar surface area (TPSA) is 52.7 Å². The Morgan fingerprint density at radius 3 is 2.70 bits per heavy atom. The summed E-state index contributed by atoms with van der Waals surface area (Å²) < 4.78 is 0. The monoisotopic (exact) mass is 315 g/mol. The summed E-state index contributed by atoms with van der Waals surface area (Å²) in [5.41, 5.74) is 0.505. The molecule has 1 aromatic carbocycles. The van der Waals surface area contributed by atoms with Gasteiger partial charge in [0, 0.05) is 6.54 Å². The number of nitrogens with zero attached hydrogens (tertiary/aromatic N) is 2. The van der Waals surface area contributed by atoms with Gasteiger partial charge in [0.25, 0.3) is 5.91 Å². The molecule has 5 nitrogen and oxygen atoms in total. The Bertz CT molecular complexity index is 589. The molecule has 1 aliphatic heterocycles. The molecule has 3 rings (SSSR count). The zero-order chi connectivity index (χ0) is 16.4. The first-order chi connectivity index (χ1) is 11.0. The van der Waals surface area contributed by atoms with E-state index in [-0.39, 0.29) is 17.9 Å². The van der Waals surface area contributed by atoms with E-state index in [1.807, 2.05) is 42.3 Å². The van der Waals surface area contributed by atoms with Gasteiger partial charge in [0.1, 0.15) is 5.54 Å². The Morgan fingerprint density at radius 1 is 1.26 bits per heavy atom. The Labute approximate surface area is 137 Å². The SMILES string of the molecule is C[C@@H]1CCCC[C@]12NC(=O)N(CN(C)Cc1ccccc1)C2=O. The molecule has 2 fully saturated rings. The predicted molar refractivity (Wildman–Crippen MR) is 88.5 cm³/mol. The van der Waals surface area contributed by atoms with Gasteiger partial charge in [-0.05, 0) is 31.4 Å². The molecule has 1 saturated heterocycles. The number of imide groups is 1. The highest BCUT2D eigenvalue weighted by Crippen LogP contribution is 2.38. The molecular formula is C18H25N3O2. The molecule has 1 aliphatic carbocycles. The molecule has 5 heteroatoms. The minimum Gasteiger partial charge on any atom is -0.323 e. The normalized spacial score (nSPS) is 27.8. The zero-order valence-corrected chi connectivity index (χ0v) is 13.9. The van der Waals surface area contributed by atoms with Gasteiger partial charge >= 0.3 is 6.03 Å². The van der Waals surface area contributed by atoms with Crippen LogP contribution in [0, 0.1) is 5.92 Å². The van der Waals surface area contributed by atoms with Gasteiger partial charge in [0.15, 0.2) is 0 Å². The molecule has 3 amide bonds. The summed E-state index contributed by atoms with van der Waals surface area (Å²) in [7, 11) is 1.93. The number of hydrogen-bond acceptors (Lipinski definition) is 3. The van der Waals surface area contributed by atoms with Gasteiger partial charge in [-0.25, -0.2) is 9.69 Å². The first-order valence-electron chi connectivity index (χ1n) is 8.39. The molecule has 1 saturated carbocycles. The van der Waals surface area contributed by atoms with Crippen LogP contribution in [-0.4, -0.2) is 41.0 Å². The van der Waals surface area contributed by atoms with E-state index >= 15 is 0 Å². The van der Waals surface area contributed by atoms with Crippen LogP contribution in [-0.2, 0) is 11.3 Å². The quantitative estimate of drug-likeness (QED) is 0.869. The number of rotatable bonds is 4. The lowest BCUT2D eigenvalue weighted by Gasteiger charge is -2.37. The summed E-state index contributed by atoms with van der Waals surface area (Å²) in [5.74, 6) is 0.159. The number of amides is 3. The summed E-state index contributed by atoms with van der Waals surface area (Å²) >= 11 is 0. The van der Waals surface area contributed by atoms with Crippen molar-refractivity contribution >= 4 is 11.9 Å². The number of carbonyl (C=O) groups is 2. The summed E-state index contributed by atoms with van der Waals surface area (Å²) in [4.78, 5) is 28.6. The van der Waals surface area contributed by atoms with Crippen molar-refractivity contribution in [2.75, 3.05) is 13.7 Å². The second-order valence-corrected chi connectivity index (χ2v) is 6.92. The fourth-order valence-electron chi connectivity index (χ4n) is 3.81. The van der Waals surface area contributed by atoms with Crippen LogP contribution in [0.15, 0.2) is 30.3 Å². The summed E-state index contributed by atoms with van der Waals surface area (Å²) in [6.07, 6.45) is 3.90. The van der Waals surface area contributed by atoms with E-state index in [1.54, 1.807) is 0 Å². The molecular weight excluding hydrogens is 290 g/mol. The molecule has 0 radical (unpaired) electrons. The van der Waals surface area contributed by atoms with Gasteiger partial charge < -0.3 is 5.32 Å². The molecule has 124 valence electrons. The highest BCUT2D eigenvalue weighted by Gasteiger charge is 2.54. The third-order valence-electron chi connectivity index (χ3n) is 5.18. The summed E-state index contributed by atoms with van der Waals surface area (Å²) in [6, 6.07) is 9.82. The van der Waals surface area contributed by atoms with Crippen LogP contribution in [0.2, 0.25) is 0 Å². The van der Waals surface area contributed by atoms with Gasteiger partial charge in [-0.1, -0.05) is 50.1 Å². The highest BCUT2D eigenvalue weighted by molar-refractivity contribution is 6.07. The number of carbonyl (C=O) groups excluding carboxylic acids is 2. The van der Waals surface area contributed by atoms with Crippen LogP contribution >= 0.6 is 0 Å². The molecule has 1 spiro atoms. The van der Waals surface area contributed by atoms with Crippen LogP contribution in [0.1, 0.15) is 38.2 Å². The maximum atomic E-state index is 12.9. The van der Waals surface area contributed by atoms with Crippen molar-refractivity contribution in [2.45, 2.75) is 44.7 Å². The van der Waals surface area contributed by atoms with E-state index in [0.29, 0.717) is 13.2 Å². The van der Waals surface area contributed by atoms with Gasteiger partial charge in [-0.15, -0.1) is 0 Å². The second-order valence-electron chi connectivity index (χ2n) is 6.92. The zero-order valence-electron chi connectivity index (χ0n) is 13.9. The standard InChI is InChI=1S/C18H25N3O2/c1-14-8-6-7-11-18(14)16(22)21(17(23)19-18)13-20(2)12-15-9-4-3-5-10-15/h3-5,9-10,14H,6-8,11-13H2,1-2H3,(H,19,23)/t14-,18+/m1/s1. The molecule has 23 heavy (non-hydrogen) atoms. The van der Waals surface area contributed by atoms with Crippen LogP contribution in [0.4, 0.5) is 4.79 Å². The van der Waals surface area contributed by atoms with E-state index in [2.05, 4.69) is 12.2 Å². The van der Waals surface area contributed by atoms with Gasteiger partial charge in [-0.3, -0.25) is 9.69 Å². The number of nitrogens with one attached hydrogen (secondary N) is 1. The second kappa shape index (κ2) is 6.32. The summed E-state index contributed by atoms with van der Waals surface area (Å²) in [5, 5.41) is 3.00. The lowest BCUT2D eigenvalue weighted by molar-refractivity contribution is -0.135. The minimum atomic E-state index is -0.664. The third kappa shape index (κ3) is 2.98. The largest absolute Gasteiger partial charge is 0.326 e. The number of urea groups is 1. The molecule has 1 aromatic rings. The van der Waals surface area contributed by atoms with Crippen molar-refractivity contribution in [3.8, 4) is 0 Å². The Kier molecular flexibility index (Phi) is 4.39. The molecule has 2 aliphatic rings. The Morgan fingerprint density at radius 2 is 2.00 bits per heavy atom. The maximum Gasteiger partial charge on any atom is 0.326 e. The lowest BCUT2D eigenvalue weighted by atomic mass is 9.73. The van der Waals surface area contributed by atoms with Crippen molar-refractivity contribution in [1.82, 2.24) is 15.1 Å². The smallest absolute Gasteiger partial charge is 0.323 e. The highest BCUT2D eigenvalue weighted by atomic mass is 16.2. The van der Waals surface area contributed by atoms with E-state index in [1.165, 1.54) is 10.5 Å². The van der Waals surface area contributed by atoms with Crippen LogP contribution in [0.3, 0.4) is 0 Å². The van der Waals surface area contributed by atoms with E-state index in [4.69, 9.17) is 0 Å². The van der Waals surface area contributed by atoms with Gasteiger partial charge in [0.05, 0.1) is 6.67 Å². The minimum absolute atomic E-state index is 0.0467. The molecule has 2 atom stereocenters. The van der Waals surface area contributed by atoms with Gasteiger partial charge in [0.2, 0.25) is 0 Å². The average molecular weight is 315 g/mol. The van der Waals surface area contributed by atoms with Crippen molar-refractivity contribution < 1.29 is 9.59 Å². The average Bonchev–Trinajstić information content (AvgIpc) is 2.76. The van der Waals surface area contributed by atoms with Crippen LogP contribution in [0.5, 0.6) is 0 Å². The van der Waals surface area contributed by atoms with E-state index < -0.39 is 5.54 Å². The van der Waals surface area contributed by atoms with Crippen LogP contribution < -0.4 is 5.32 Å². The fourth-order valence-corrected chi connectivity index (χ4v) is 3.81. The molecule has 0 aromatic heterocycles. The molecule has 1 N–H and O–H groups in total. The maximum absolute atomic E-state index is 12.9. The van der Waals surface area contributed by atoms with Crippen molar-refractivity contribution in [3.05, 3.63) is 35.9 Å². The third-order valence-corrected chi connectivity index (χ3v) is 5.18. The van der Waals surface area contributed by atoms with E-state index in [9.17, 15) is 9.59 Å². The Balaban J connectivity index is 1.68. The predicted octanol–water partition coefficient (Wildman–Crippen LogP) is 2.58. The lowest BCUT2D eigenvalue weighted by Crippen LogP contribution is -2.54. The summed E-state index contributed by atoms with van der Waals surface area (Å²) in [6.45, 7) is 3.11. The number of hydrogen-bond donors (Lipinski definition) is 1. The van der Waals surface area contributed by atoms with Crippen molar-refractivity contribution in [3.63, 3.8) is 0 Å². The van der Waals surface area contributed by atoms with Crippen molar-refractivity contribution in [1.29, 1.82) is 0 Å². The molecule has 1 heterocycles.